The molecule has 1 aromatic carbocycles. The lowest BCUT2D eigenvalue weighted by atomic mass is 10.0. The van der Waals surface area contributed by atoms with Crippen LogP contribution in [0.25, 0.3) is 0 Å². The third kappa shape index (κ3) is 5.80. The number of benzene rings is 1. The molecule has 1 aromatic heterocycles. The molecule has 0 spiro atoms. The molecule has 1 N–H and O–H groups in total. The Balaban J connectivity index is 1.51. The van der Waals surface area contributed by atoms with Crippen LogP contribution in [0.5, 0.6) is 0 Å². The van der Waals surface area contributed by atoms with Crippen LogP contribution in [0.4, 0.5) is 5.69 Å². The van der Waals surface area contributed by atoms with E-state index in [1.165, 1.54) is 0 Å². The van der Waals surface area contributed by atoms with E-state index in [-0.39, 0.29) is 18.0 Å². The first-order chi connectivity index (χ1) is 13.9. The summed E-state index contributed by atoms with van der Waals surface area (Å²) >= 11 is 0. The van der Waals surface area contributed by atoms with E-state index in [1.54, 1.807) is 0 Å². The van der Waals surface area contributed by atoms with Crippen molar-refractivity contribution in [1.29, 1.82) is 0 Å². The maximum Gasteiger partial charge on any atom is 0.254 e. The summed E-state index contributed by atoms with van der Waals surface area (Å²) in [6.07, 6.45) is 4.09. The number of likely N-dealkylation sites (tertiary alicyclic amines) is 1. The molecule has 1 aliphatic heterocycles. The zero-order valence-corrected chi connectivity index (χ0v) is 18.1. The quantitative estimate of drug-likeness (QED) is 0.755. The molecular formula is C24H34N4O. The largest absolute Gasteiger partial charge is 0.382 e. The molecule has 0 aliphatic carbocycles. The topological polar surface area (TPSA) is 48.5 Å². The van der Waals surface area contributed by atoms with Crippen molar-refractivity contribution >= 4 is 11.6 Å². The maximum absolute atomic E-state index is 12.8. The third-order valence-electron chi connectivity index (χ3n) is 5.55. The molecule has 0 radical (unpaired) electrons. The molecule has 1 saturated heterocycles. The molecule has 5 nitrogen and oxygen atoms in total. The van der Waals surface area contributed by atoms with Crippen LogP contribution in [-0.4, -0.2) is 51.9 Å². The van der Waals surface area contributed by atoms with Crippen LogP contribution in [0.3, 0.4) is 0 Å². The molecule has 0 bridgehead atoms. The second-order valence-corrected chi connectivity index (χ2v) is 8.49. The fourth-order valence-corrected chi connectivity index (χ4v) is 4.12. The summed E-state index contributed by atoms with van der Waals surface area (Å²) in [5.41, 5.74) is 2.98. The second kappa shape index (κ2) is 9.88. The fraction of sp³-hybridized carbons (Fsp3) is 0.500. The number of carbonyl (C=O) groups is 1. The highest BCUT2D eigenvalue weighted by molar-refractivity contribution is 5.95. The molecule has 2 aromatic rings. The zero-order chi connectivity index (χ0) is 20.8. The average molecular weight is 395 g/mol. The van der Waals surface area contributed by atoms with E-state index in [2.05, 4.69) is 49.0 Å². The van der Waals surface area contributed by atoms with E-state index in [1.807, 2.05) is 47.5 Å². The van der Waals surface area contributed by atoms with Gasteiger partial charge < -0.3 is 10.2 Å². The van der Waals surface area contributed by atoms with Crippen LogP contribution in [0.2, 0.25) is 0 Å². The lowest BCUT2D eigenvalue weighted by molar-refractivity contribution is 0.0644. The predicted octanol–water partition coefficient (Wildman–Crippen LogP) is 4.42. The highest BCUT2D eigenvalue weighted by Crippen LogP contribution is 2.20. The molecule has 156 valence electrons. The molecule has 1 fully saturated rings. The Morgan fingerprint density at radius 2 is 1.72 bits per heavy atom. The first-order valence-corrected chi connectivity index (χ1v) is 10.8. The van der Waals surface area contributed by atoms with Crippen LogP contribution in [0.1, 0.15) is 56.6 Å². The van der Waals surface area contributed by atoms with Gasteiger partial charge in [0.2, 0.25) is 0 Å². The van der Waals surface area contributed by atoms with Gasteiger partial charge in [-0.1, -0.05) is 6.07 Å². The summed E-state index contributed by atoms with van der Waals surface area (Å²) in [6, 6.07) is 14.9. The molecule has 2 heterocycles. The normalized spacial score (nSPS) is 15.7. The Bertz CT molecular complexity index is 757. The van der Waals surface area contributed by atoms with Crippen molar-refractivity contribution in [3.63, 3.8) is 0 Å². The van der Waals surface area contributed by atoms with E-state index in [0.29, 0.717) is 6.04 Å². The maximum atomic E-state index is 12.8. The molecule has 1 aliphatic rings. The number of carbonyl (C=O) groups excluding carboxylic acids is 1. The summed E-state index contributed by atoms with van der Waals surface area (Å²) in [4.78, 5) is 21.6. The van der Waals surface area contributed by atoms with Crippen molar-refractivity contribution in [2.45, 2.75) is 65.2 Å². The number of nitrogens with one attached hydrogen (secondary N) is 1. The van der Waals surface area contributed by atoms with Gasteiger partial charge in [-0.3, -0.25) is 14.7 Å². The van der Waals surface area contributed by atoms with Gasteiger partial charge in [0.1, 0.15) is 0 Å². The Hall–Kier alpha value is -2.40. The van der Waals surface area contributed by atoms with Gasteiger partial charge in [0.15, 0.2) is 0 Å². The molecule has 0 atom stereocenters. The van der Waals surface area contributed by atoms with E-state index < -0.39 is 0 Å². The van der Waals surface area contributed by atoms with Gasteiger partial charge in [0, 0.05) is 55.2 Å². The predicted molar refractivity (Wildman–Crippen MR) is 119 cm³/mol. The minimum atomic E-state index is 0.101. The summed E-state index contributed by atoms with van der Waals surface area (Å²) in [6.45, 7) is 11.3. The minimum absolute atomic E-state index is 0.101. The molecule has 1 amide bonds. The van der Waals surface area contributed by atoms with Gasteiger partial charge in [-0.05, 0) is 76.9 Å². The lowest BCUT2D eigenvalue weighted by Gasteiger charge is -2.33. The fourth-order valence-electron chi connectivity index (χ4n) is 4.12. The van der Waals surface area contributed by atoms with E-state index in [9.17, 15) is 4.79 Å². The smallest absolute Gasteiger partial charge is 0.254 e. The van der Waals surface area contributed by atoms with Gasteiger partial charge in [-0.2, -0.15) is 0 Å². The number of piperidine rings is 1. The number of aromatic nitrogens is 1. The molecule has 0 saturated carbocycles. The van der Waals surface area contributed by atoms with Gasteiger partial charge in [0.25, 0.3) is 5.91 Å². The van der Waals surface area contributed by atoms with Crippen molar-refractivity contribution in [3.05, 3.63) is 59.9 Å². The Labute approximate surface area is 175 Å². The Kier molecular flexibility index (Phi) is 7.26. The first kappa shape index (κ1) is 21.3. The summed E-state index contributed by atoms with van der Waals surface area (Å²) < 4.78 is 0. The van der Waals surface area contributed by atoms with E-state index >= 15 is 0 Å². The number of hydrogen-bond acceptors (Lipinski definition) is 4. The Morgan fingerprint density at radius 1 is 1.07 bits per heavy atom. The highest BCUT2D eigenvalue weighted by atomic mass is 16.2. The number of pyridine rings is 1. The molecule has 5 heteroatoms. The number of amides is 1. The van der Waals surface area contributed by atoms with E-state index in [0.717, 1.165) is 49.4 Å². The van der Waals surface area contributed by atoms with Gasteiger partial charge in [-0.15, -0.1) is 0 Å². The monoisotopic (exact) mass is 394 g/mol. The minimum Gasteiger partial charge on any atom is -0.382 e. The SMILES string of the molecule is CC(C)N(C(=O)c1ccc(NC2CCN(Cc3ccccn3)CC2)cc1)C(C)C. The summed E-state index contributed by atoms with van der Waals surface area (Å²) in [7, 11) is 0. The van der Waals surface area contributed by atoms with Crippen LogP contribution >= 0.6 is 0 Å². The van der Waals surface area contributed by atoms with Crippen molar-refractivity contribution in [1.82, 2.24) is 14.8 Å². The standard InChI is InChI=1S/C24H34N4O/c1-18(2)28(19(3)4)24(29)20-8-10-21(11-9-20)26-22-12-15-27(16-13-22)17-23-7-5-6-14-25-23/h5-11,14,18-19,22,26H,12-13,15-17H2,1-4H3. The molecule has 29 heavy (non-hydrogen) atoms. The molecule has 3 rings (SSSR count). The molecule has 0 unspecified atom stereocenters. The van der Waals surface area contributed by atoms with Crippen LogP contribution in [-0.2, 0) is 6.54 Å². The van der Waals surface area contributed by atoms with Gasteiger partial charge in [0.05, 0.1) is 5.69 Å². The highest BCUT2D eigenvalue weighted by Gasteiger charge is 2.22. The second-order valence-electron chi connectivity index (χ2n) is 8.49. The lowest BCUT2D eigenvalue weighted by Crippen LogP contribution is -2.42. The van der Waals surface area contributed by atoms with Gasteiger partial charge in [-0.25, -0.2) is 0 Å². The van der Waals surface area contributed by atoms with Crippen molar-refractivity contribution in [3.8, 4) is 0 Å². The van der Waals surface area contributed by atoms with Crippen molar-refractivity contribution in [2.75, 3.05) is 18.4 Å². The number of rotatable bonds is 7. The average Bonchev–Trinajstić information content (AvgIpc) is 2.70. The van der Waals surface area contributed by atoms with Crippen LogP contribution in [0.15, 0.2) is 48.7 Å². The third-order valence-corrected chi connectivity index (χ3v) is 5.55. The van der Waals surface area contributed by atoms with Crippen LogP contribution < -0.4 is 5.32 Å². The molecular weight excluding hydrogens is 360 g/mol. The number of anilines is 1. The van der Waals surface area contributed by atoms with Crippen LogP contribution in [0, 0.1) is 0 Å². The summed E-state index contributed by atoms with van der Waals surface area (Å²) in [5, 5.41) is 3.64. The number of nitrogens with zero attached hydrogens (tertiary/aromatic N) is 3. The van der Waals surface area contributed by atoms with Gasteiger partial charge >= 0.3 is 0 Å². The first-order valence-electron chi connectivity index (χ1n) is 10.8. The zero-order valence-electron chi connectivity index (χ0n) is 18.1. The summed E-state index contributed by atoms with van der Waals surface area (Å²) in [5.74, 6) is 0.101. The van der Waals surface area contributed by atoms with E-state index in [4.69, 9.17) is 0 Å². The number of hydrogen-bond donors (Lipinski definition) is 1. The van der Waals surface area contributed by atoms with Crippen molar-refractivity contribution in [2.24, 2.45) is 0 Å². The Morgan fingerprint density at radius 3 is 2.28 bits per heavy atom. The van der Waals surface area contributed by atoms with Crippen molar-refractivity contribution < 1.29 is 4.79 Å².